The lowest BCUT2D eigenvalue weighted by atomic mass is 10.0. The highest BCUT2D eigenvalue weighted by atomic mass is 16.2. The molecule has 1 fully saturated rings. The van der Waals surface area contributed by atoms with Gasteiger partial charge in [-0.3, -0.25) is 4.79 Å². The van der Waals surface area contributed by atoms with Gasteiger partial charge in [0.05, 0.1) is 17.9 Å². The Labute approximate surface area is 107 Å². The van der Waals surface area contributed by atoms with Crippen molar-refractivity contribution in [3.8, 4) is 0 Å². The van der Waals surface area contributed by atoms with Crippen LogP contribution in [0.3, 0.4) is 0 Å². The second-order valence-electron chi connectivity index (χ2n) is 5.35. The van der Waals surface area contributed by atoms with Crippen molar-refractivity contribution >= 4 is 5.91 Å². The topological polar surface area (TPSA) is 77.0 Å². The molecule has 100 valence electrons. The lowest BCUT2D eigenvalue weighted by Gasteiger charge is -2.15. The van der Waals surface area contributed by atoms with Gasteiger partial charge >= 0.3 is 0 Å². The third-order valence-electron chi connectivity index (χ3n) is 3.40. The summed E-state index contributed by atoms with van der Waals surface area (Å²) in [5.41, 5.74) is 6.73. The van der Waals surface area contributed by atoms with E-state index in [-0.39, 0.29) is 18.5 Å². The van der Waals surface area contributed by atoms with Gasteiger partial charge in [-0.2, -0.15) is 0 Å². The Morgan fingerprint density at radius 2 is 2.28 bits per heavy atom. The summed E-state index contributed by atoms with van der Waals surface area (Å²) in [4.78, 5) is 13.7. The smallest absolute Gasteiger partial charge is 0.244 e. The molecule has 0 aromatic carbocycles. The monoisotopic (exact) mass is 251 g/mol. The third-order valence-corrected chi connectivity index (χ3v) is 3.40. The summed E-state index contributed by atoms with van der Waals surface area (Å²) in [6.45, 7) is 4.32. The first-order valence-electron chi connectivity index (χ1n) is 6.40. The quantitative estimate of drug-likeness (QED) is 0.829. The largest absolute Gasteiger partial charge is 0.341 e. The van der Waals surface area contributed by atoms with E-state index in [4.69, 9.17) is 5.73 Å². The van der Waals surface area contributed by atoms with Crippen LogP contribution < -0.4 is 5.73 Å². The van der Waals surface area contributed by atoms with Crippen LogP contribution in [0.5, 0.6) is 0 Å². The van der Waals surface area contributed by atoms with Crippen molar-refractivity contribution in [3.05, 3.63) is 11.9 Å². The van der Waals surface area contributed by atoms with Crippen LogP contribution in [0.4, 0.5) is 0 Å². The summed E-state index contributed by atoms with van der Waals surface area (Å²) in [6.07, 6.45) is 4.00. The molecule has 1 unspecified atom stereocenters. The minimum Gasteiger partial charge on any atom is -0.341 e. The molecule has 1 saturated carbocycles. The molecule has 1 aliphatic rings. The van der Waals surface area contributed by atoms with Crippen molar-refractivity contribution in [2.24, 2.45) is 11.7 Å². The van der Waals surface area contributed by atoms with E-state index in [1.807, 2.05) is 20.9 Å². The summed E-state index contributed by atoms with van der Waals surface area (Å²) in [5, 5.41) is 7.99. The van der Waals surface area contributed by atoms with Gasteiger partial charge in [0.15, 0.2) is 0 Å². The molecule has 18 heavy (non-hydrogen) atoms. The van der Waals surface area contributed by atoms with Crippen molar-refractivity contribution in [3.63, 3.8) is 0 Å². The fourth-order valence-corrected chi connectivity index (χ4v) is 1.80. The summed E-state index contributed by atoms with van der Waals surface area (Å²) in [6, 6.07) is 0.299. The predicted molar refractivity (Wildman–Crippen MR) is 67.6 cm³/mol. The van der Waals surface area contributed by atoms with E-state index in [1.165, 1.54) is 0 Å². The molecule has 2 rings (SSSR count). The van der Waals surface area contributed by atoms with Gasteiger partial charge in [-0.25, -0.2) is 4.68 Å². The van der Waals surface area contributed by atoms with Gasteiger partial charge in [-0.15, -0.1) is 5.10 Å². The maximum absolute atomic E-state index is 11.9. The van der Waals surface area contributed by atoms with E-state index < -0.39 is 0 Å². The highest BCUT2D eigenvalue weighted by Gasteiger charge is 2.29. The number of nitrogens with zero attached hydrogens (tertiary/aromatic N) is 4. The van der Waals surface area contributed by atoms with Crippen LogP contribution in [0.1, 0.15) is 38.4 Å². The minimum absolute atomic E-state index is 0.0760. The third kappa shape index (κ3) is 2.87. The second-order valence-corrected chi connectivity index (χ2v) is 5.35. The van der Waals surface area contributed by atoms with Gasteiger partial charge in [-0.05, 0) is 18.8 Å². The fourth-order valence-electron chi connectivity index (χ4n) is 1.80. The Morgan fingerprint density at radius 3 is 2.83 bits per heavy atom. The van der Waals surface area contributed by atoms with Crippen LogP contribution >= 0.6 is 0 Å². The Morgan fingerprint density at radius 1 is 1.61 bits per heavy atom. The molecule has 0 radical (unpaired) electrons. The highest BCUT2D eigenvalue weighted by molar-refractivity contribution is 5.76. The molecule has 1 aliphatic carbocycles. The summed E-state index contributed by atoms with van der Waals surface area (Å²) >= 11 is 0. The van der Waals surface area contributed by atoms with Crippen molar-refractivity contribution < 1.29 is 4.79 Å². The zero-order chi connectivity index (χ0) is 13.3. The number of amides is 1. The molecular weight excluding hydrogens is 230 g/mol. The summed E-state index contributed by atoms with van der Waals surface area (Å²) < 4.78 is 1.57. The Balaban J connectivity index is 1.95. The van der Waals surface area contributed by atoms with Gasteiger partial charge in [0.1, 0.15) is 6.54 Å². The number of nitrogens with two attached hydrogens (primary N) is 1. The molecule has 1 heterocycles. The number of aromatic nitrogens is 3. The number of likely N-dealkylation sites (N-methyl/N-ethyl adjacent to an activating group) is 1. The van der Waals surface area contributed by atoms with E-state index in [9.17, 15) is 4.79 Å². The Kier molecular flexibility index (Phi) is 3.65. The summed E-state index contributed by atoms with van der Waals surface area (Å²) in [5.74, 6) is 0.382. The number of carbonyl (C=O) groups excluding carboxylic acids is 1. The van der Waals surface area contributed by atoms with Crippen molar-refractivity contribution in [1.29, 1.82) is 0 Å². The first-order valence-corrected chi connectivity index (χ1v) is 6.40. The van der Waals surface area contributed by atoms with Gasteiger partial charge in [-0.1, -0.05) is 19.1 Å². The number of hydrogen-bond acceptors (Lipinski definition) is 4. The zero-order valence-corrected chi connectivity index (χ0v) is 11.2. The van der Waals surface area contributed by atoms with Gasteiger partial charge in [0.25, 0.3) is 0 Å². The van der Waals surface area contributed by atoms with Crippen LogP contribution in [0.2, 0.25) is 0 Å². The van der Waals surface area contributed by atoms with Crippen molar-refractivity contribution in [2.45, 2.75) is 45.3 Å². The molecule has 0 bridgehead atoms. The van der Waals surface area contributed by atoms with Crippen LogP contribution in [-0.4, -0.2) is 38.9 Å². The maximum atomic E-state index is 11.9. The minimum atomic E-state index is -0.130. The van der Waals surface area contributed by atoms with E-state index in [0.29, 0.717) is 12.0 Å². The fraction of sp³-hybridized carbons (Fsp3) is 0.750. The van der Waals surface area contributed by atoms with Crippen LogP contribution in [0.25, 0.3) is 0 Å². The molecule has 0 spiro atoms. The molecule has 6 heteroatoms. The first-order chi connectivity index (χ1) is 8.49. The first kappa shape index (κ1) is 13.0. The lowest BCUT2D eigenvalue weighted by Crippen LogP contribution is -2.32. The van der Waals surface area contributed by atoms with Crippen molar-refractivity contribution in [2.75, 3.05) is 7.05 Å². The van der Waals surface area contributed by atoms with E-state index in [0.717, 1.165) is 18.5 Å². The molecule has 1 aromatic rings. The molecule has 2 N–H and O–H groups in total. The van der Waals surface area contributed by atoms with Crippen molar-refractivity contribution in [1.82, 2.24) is 19.9 Å². The average Bonchev–Trinajstić information content (AvgIpc) is 3.08. The predicted octanol–water partition coefficient (Wildman–Crippen LogP) is 0.555. The standard InChI is InChI=1S/C12H21N5O/c1-8(2)12(13)10-6-17(15-14-10)7-11(18)16(3)9-4-5-9/h6,8-9,12H,4-5,7,13H2,1-3H3. The molecule has 1 amide bonds. The molecular formula is C12H21N5O. The van der Waals surface area contributed by atoms with Gasteiger partial charge < -0.3 is 10.6 Å². The normalized spacial score (nSPS) is 16.9. The van der Waals surface area contributed by atoms with E-state index >= 15 is 0 Å². The average molecular weight is 251 g/mol. The second kappa shape index (κ2) is 5.06. The van der Waals surface area contributed by atoms with E-state index in [2.05, 4.69) is 10.3 Å². The molecule has 0 aliphatic heterocycles. The SMILES string of the molecule is CC(C)C(N)c1cn(CC(=O)N(C)C2CC2)nn1. The van der Waals surface area contributed by atoms with Crippen LogP contribution in [0.15, 0.2) is 6.20 Å². The van der Waals surface area contributed by atoms with Gasteiger partial charge in [0, 0.05) is 13.1 Å². The lowest BCUT2D eigenvalue weighted by molar-refractivity contribution is -0.131. The van der Waals surface area contributed by atoms with Crippen LogP contribution in [0, 0.1) is 5.92 Å². The highest BCUT2D eigenvalue weighted by Crippen LogP contribution is 2.25. The Bertz CT molecular complexity index is 424. The molecule has 6 nitrogen and oxygen atoms in total. The molecule has 1 aromatic heterocycles. The zero-order valence-electron chi connectivity index (χ0n) is 11.2. The molecule has 1 atom stereocenters. The Hall–Kier alpha value is -1.43. The van der Waals surface area contributed by atoms with E-state index in [1.54, 1.807) is 15.8 Å². The maximum Gasteiger partial charge on any atom is 0.244 e. The number of carbonyl (C=O) groups is 1. The van der Waals surface area contributed by atoms with Gasteiger partial charge in [0.2, 0.25) is 5.91 Å². The number of rotatable bonds is 5. The molecule has 0 saturated heterocycles. The van der Waals surface area contributed by atoms with Crippen LogP contribution in [-0.2, 0) is 11.3 Å². The number of hydrogen-bond donors (Lipinski definition) is 1. The summed E-state index contributed by atoms with van der Waals surface area (Å²) in [7, 11) is 1.84.